The van der Waals surface area contributed by atoms with Crippen LogP contribution in [0.15, 0.2) is 18.2 Å². The first-order chi connectivity index (χ1) is 7.08. The van der Waals surface area contributed by atoms with Crippen molar-refractivity contribution >= 4 is 34.0 Å². The summed E-state index contributed by atoms with van der Waals surface area (Å²) < 4.78 is 1.26. The third-order valence-electron chi connectivity index (χ3n) is 3.07. The van der Waals surface area contributed by atoms with Gasteiger partial charge in [-0.15, -0.1) is 0 Å². The summed E-state index contributed by atoms with van der Waals surface area (Å²) >= 11 is 2.37. The van der Waals surface area contributed by atoms with Gasteiger partial charge in [0.15, 0.2) is 0 Å². The highest BCUT2D eigenvalue weighted by atomic mass is 127. The maximum absolute atomic E-state index is 5.76. The standard InChI is InChI=1S/C12H17IN2/c1-8-5-9(2)15(7-8)12-4-3-10(14)6-11(12)13/h3-4,6,8-9H,5,7,14H2,1-2H3. The van der Waals surface area contributed by atoms with Crippen molar-refractivity contribution in [2.45, 2.75) is 26.3 Å². The fourth-order valence-electron chi connectivity index (χ4n) is 2.39. The number of rotatable bonds is 1. The van der Waals surface area contributed by atoms with Crippen LogP contribution in [0.5, 0.6) is 0 Å². The second-order valence-corrected chi connectivity index (χ2v) is 5.72. The molecule has 0 bridgehead atoms. The van der Waals surface area contributed by atoms with E-state index in [1.807, 2.05) is 12.1 Å². The Kier molecular flexibility index (Phi) is 3.09. The maximum Gasteiger partial charge on any atom is 0.0505 e. The highest BCUT2D eigenvalue weighted by Gasteiger charge is 2.27. The van der Waals surface area contributed by atoms with Crippen molar-refractivity contribution in [1.29, 1.82) is 0 Å². The molecule has 0 amide bonds. The van der Waals surface area contributed by atoms with Crippen LogP contribution in [0.2, 0.25) is 0 Å². The van der Waals surface area contributed by atoms with E-state index in [4.69, 9.17) is 5.73 Å². The smallest absolute Gasteiger partial charge is 0.0505 e. The zero-order valence-electron chi connectivity index (χ0n) is 9.20. The van der Waals surface area contributed by atoms with Gasteiger partial charge in [-0.05, 0) is 60.1 Å². The third-order valence-corrected chi connectivity index (χ3v) is 3.93. The van der Waals surface area contributed by atoms with E-state index in [2.05, 4.69) is 47.4 Å². The van der Waals surface area contributed by atoms with Gasteiger partial charge < -0.3 is 10.6 Å². The van der Waals surface area contributed by atoms with E-state index in [9.17, 15) is 0 Å². The fourth-order valence-corrected chi connectivity index (χ4v) is 3.24. The van der Waals surface area contributed by atoms with Crippen LogP contribution in [-0.4, -0.2) is 12.6 Å². The molecule has 1 aliphatic heterocycles. The Morgan fingerprint density at radius 1 is 1.40 bits per heavy atom. The van der Waals surface area contributed by atoms with Gasteiger partial charge in [0, 0.05) is 21.8 Å². The lowest BCUT2D eigenvalue weighted by Gasteiger charge is -2.25. The molecule has 1 aliphatic rings. The van der Waals surface area contributed by atoms with Gasteiger partial charge in [0.05, 0.1) is 5.69 Å². The summed E-state index contributed by atoms with van der Waals surface area (Å²) in [5, 5.41) is 0. The Bertz CT molecular complexity index is 365. The first-order valence-corrected chi connectivity index (χ1v) is 6.47. The number of hydrogen-bond donors (Lipinski definition) is 1. The van der Waals surface area contributed by atoms with Crippen molar-refractivity contribution in [2.75, 3.05) is 17.2 Å². The van der Waals surface area contributed by atoms with Gasteiger partial charge in [-0.3, -0.25) is 0 Å². The third kappa shape index (κ3) is 2.22. The number of halogens is 1. The minimum atomic E-state index is 0.650. The monoisotopic (exact) mass is 316 g/mol. The first kappa shape index (κ1) is 11.0. The summed E-state index contributed by atoms with van der Waals surface area (Å²) in [5.74, 6) is 0.799. The molecule has 15 heavy (non-hydrogen) atoms. The molecule has 1 saturated heterocycles. The van der Waals surface area contributed by atoms with Crippen molar-refractivity contribution in [1.82, 2.24) is 0 Å². The van der Waals surface area contributed by atoms with E-state index in [1.54, 1.807) is 0 Å². The van der Waals surface area contributed by atoms with Gasteiger partial charge in [0.1, 0.15) is 0 Å². The summed E-state index contributed by atoms with van der Waals surface area (Å²) in [5.41, 5.74) is 7.95. The lowest BCUT2D eigenvalue weighted by molar-refractivity contribution is 0.625. The lowest BCUT2D eigenvalue weighted by Crippen LogP contribution is -2.27. The maximum atomic E-state index is 5.76. The van der Waals surface area contributed by atoms with E-state index < -0.39 is 0 Å². The Labute approximate surface area is 105 Å². The molecular formula is C12H17IN2. The molecule has 1 heterocycles. The summed E-state index contributed by atoms with van der Waals surface area (Å²) in [4.78, 5) is 2.49. The topological polar surface area (TPSA) is 29.3 Å². The number of nitrogens with zero attached hydrogens (tertiary/aromatic N) is 1. The fraction of sp³-hybridized carbons (Fsp3) is 0.500. The SMILES string of the molecule is CC1CC(C)N(c2ccc(N)cc2I)C1. The molecule has 0 saturated carbocycles. The molecule has 2 N–H and O–H groups in total. The van der Waals surface area contributed by atoms with Crippen molar-refractivity contribution in [2.24, 2.45) is 5.92 Å². The summed E-state index contributed by atoms with van der Waals surface area (Å²) in [6.07, 6.45) is 1.29. The number of anilines is 2. The Balaban J connectivity index is 2.29. The second-order valence-electron chi connectivity index (χ2n) is 4.55. The predicted molar refractivity (Wildman–Crippen MR) is 74.2 cm³/mol. The summed E-state index contributed by atoms with van der Waals surface area (Å²) in [6, 6.07) is 6.84. The minimum Gasteiger partial charge on any atom is -0.399 e. The molecule has 0 aliphatic carbocycles. The van der Waals surface area contributed by atoms with Gasteiger partial charge in [-0.2, -0.15) is 0 Å². The van der Waals surface area contributed by atoms with E-state index in [1.165, 1.54) is 22.2 Å². The van der Waals surface area contributed by atoms with E-state index >= 15 is 0 Å². The highest BCUT2D eigenvalue weighted by Crippen LogP contribution is 2.32. The van der Waals surface area contributed by atoms with Crippen molar-refractivity contribution in [3.8, 4) is 0 Å². The van der Waals surface area contributed by atoms with Crippen LogP contribution in [0.25, 0.3) is 0 Å². The van der Waals surface area contributed by atoms with Crippen LogP contribution < -0.4 is 10.6 Å². The Morgan fingerprint density at radius 3 is 2.67 bits per heavy atom. The van der Waals surface area contributed by atoms with Crippen LogP contribution in [-0.2, 0) is 0 Å². The quantitative estimate of drug-likeness (QED) is 0.637. The average molecular weight is 316 g/mol. The van der Waals surface area contributed by atoms with Gasteiger partial charge >= 0.3 is 0 Å². The van der Waals surface area contributed by atoms with Crippen LogP contribution in [0.1, 0.15) is 20.3 Å². The van der Waals surface area contributed by atoms with Crippen LogP contribution >= 0.6 is 22.6 Å². The number of benzene rings is 1. The molecule has 0 radical (unpaired) electrons. The largest absolute Gasteiger partial charge is 0.399 e. The normalized spacial score (nSPS) is 25.9. The average Bonchev–Trinajstić information content (AvgIpc) is 2.45. The van der Waals surface area contributed by atoms with Crippen molar-refractivity contribution in [3.05, 3.63) is 21.8 Å². The zero-order valence-corrected chi connectivity index (χ0v) is 11.4. The molecule has 1 aromatic carbocycles. The van der Waals surface area contributed by atoms with Crippen LogP contribution in [0, 0.1) is 9.49 Å². The van der Waals surface area contributed by atoms with Crippen molar-refractivity contribution in [3.63, 3.8) is 0 Å². The molecule has 82 valence electrons. The van der Waals surface area contributed by atoms with E-state index in [-0.39, 0.29) is 0 Å². The Morgan fingerprint density at radius 2 is 2.13 bits per heavy atom. The molecule has 2 rings (SSSR count). The highest BCUT2D eigenvalue weighted by molar-refractivity contribution is 14.1. The molecule has 2 unspecified atom stereocenters. The molecular weight excluding hydrogens is 299 g/mol. The zero-order chi connectivity index (χ0) is 11.0. The molecule has 3 heteroatoms. The summed E-state index contributed by atoms with van der Waals surface area (Å²) in [6.45, 7) is 5.79. The Hall–Kier alpha value is -0.450. The second kappa shape index (κ2) is 4.20. The van der Waals surface area contributed by atoms with Crippen molar-refractivity contribution < 1.29 is 0 Å². The van der Waals surface area contributed by atoms with Gasteiger partial charge in [0.25, 0.3) is 0 Å². The van der Waals surface area contributed by atoms with E-state index in [0.29, 0.717) is 6.04 Å². The molecule has 0 aromatic heterocycles. The summed E-state index contributed by atoms with van der Waals surface area (Å²) in [7, 11) is 0. The van der Waals surface area contributed by atoms with Gasteiger partial charge in [-0.25, -0.2) is 0 Å². The first-order valence-electron chi connectivity index (χ1n) is 5.39. The lowest BCUT2D eigenvalue weighted by atomic mass is 10.1. The number of nitrogen functional groups attached to an aromatic ring is 1. The molecule has 1 aromatic rings. The van der Waals surface area contributed by atoms with Crippen LogP contribution in [0.3, 0.4) is 0 Å². The van der Waals surface area contributed by atoms with E-state index in [0.717, 1.165) is 11.6 Å². The van der Waals surface area contributed by atoms with Gasteiger partial charge in [0.2, 0.25) is 0 Å². The van der Waals surface area contributed by atoms with Crippen LogP contribution in [0.4, 0.5) is 11.4 Å². The molecule has 1 fully saturated rings. The molecule has 2 nitrogen and oxygen atoms in total. The predicted octanol–water partition coefficient (Wildman–Crippen LogP) is 3.11. The van der Waals surface area contributed by atoms with Gasteiger partial charge in [-0.1, -0.05) is 6.92 Å². The molecule has 0 spiro atoms. The number of hydrogen-bond acceptors (Lipinski definition) is 2. The number of nitrogens with two attached hydrogens (primary N) is 1. The molecule has 2 atom stereocenters. The minimum absolute atomic E-state index is 0.650.